The monoisotopic (exact) mass is 282 g/mol. The van der Waals surface area contributed by atoms with Gasteiger partial charge in [0.2, 0.25) is 5.78 Å². The van der Waals surface area contributed by atoms with E-state index in [1.807, 2.05) is 37.4 Å². The van der Waals surface area contributed by atoms with E-state index in [1.54, 1.807) is 0 Å². The van der Waals surface area contributed by atoms with Crippen molar-refractivity contribution in [3.05, 3.63) is 58.9 Å². The van der Waals surface area contributed by atoms with E-state index in [-0.39, 0.29) is 5.78 Å². The molecule has 3 nitrogen and oxygen atoms in total. The highest BCUT2D eigenvalue weighted by Gasteiger charge is 2.21. The van der Waals surface area contributed by atoms with Gasteiger partial charge in [0.15, 0.2) is 0 Å². The number of benzene rings is 1. The van der Waals surface area contributed by atoms with Gasteiger partial charge in [-0.3, -0.25) is 4.79 Å². The van der Waals surface area contributed by atoms with Crippen LogP contribution in [0, 0.1) is 13.8 Å². The van der Waals surface area contributed by atoms with Crippen molar-refractivity contribution in [3.8, 4) is 0 Å². The molecular formula is C18H22N2O. The van der Waals surface area contributed by atoms with Gasteiger partial charge in [0.05, 0.1) is 5.69 Å². The molecule has 0 aliphatic carbocycles. The first-order valence-electron chi connectivity index (χ1n) is 7.66. The molecule has 1 saturated heterocycles. The Labute approximate surface area is 126 Å². The first-order valence-corrected chi connectivity index (χ1v) is 7.66. The second kappa shape index (κ2) is 5.86. The zero-order valence-corrected chi connectivity index (χ0v) is 12.7. The number of carbonyl (C=O) groups excluding carboxylic acids is 1. The molecule has 1 fully saturated rings. The van der Waals surface area contributed by atoms with Crippen molar-refractivity contribution in [2.45, 2.75) is 32.7 Å². The molecule has 1 aliphatic rings. The zero-order chi connectivity index (χ0) is 14.8. The molecule has 2 aromatic rings. The Bertz CT molecular complexity index is 651. The molecule has 2 heterocycles. The molecule has 0 saturated carbocycles. The van der Waals surface area contributed by atoms with Gasteiger partial charge in [-0.05, 0) is 57.5 Å². The number of carbonyl (C=O) groups is 1. The van der Waals surface area contributed by atoms with Crippen LogP contribution in [-0.2, 0) is 0 Å². The Morgan fingerprint density at radius 2 is 1.95 bits per heavy atom. The number of aromatic nitrogens is 1. The third-order valence-corrected chi connectivity index (χ3v) is 4.34. The first kappa shape index (κ1) is 14.1. The second-order valence-corrected chi connectivity index (χ2v) is 5.93. The molecule has 0 atom stereocenters. The summed E-state index contributed by atoms with van der Waals surface area (Å²) in [6, 6.07) is 10.4. The largest absolute Gasteiger partial charge is 0.342 e. The Kier molecular flexibility index (Phi) is 3.93. The first-order chi connectivity index (χ1) is 10.2. The minimum absolute atomic E-state index is 0.135. The summed E-state index contributed by atoms with van der Waals surface area (Å²) in [7, 11) is 0. The van der Waals surface area contributed by atoms with Gasteiger partial charge >= 0.3 is 0 Å². The molecule has 0 spiro atoms. The van der Waals surface area contributed by atoms with Crippen LogP contribution >= 0.6 is 0 Å². The summed E-state index contributed by atoms with van der Waals surface area (Å²) in [5, 5.41) is 3.37. The molecule has 0 amide bonds. The third kappa shape index (κ3) is 2.79. The summed E-state index contributed by atoms with van der Waals surface area (Å²) in [4.78, 5) is 12.9. The predicted octanol–water partition coefficient (Wildman–Crippen LogP) is 3.26. The fourth-order valence-electron chi connectivity index (χ4n) is 3.20. The molecule has 1 aromatic heterocycles. The molecule has 110 valence electrons. The van der Waals surface area contributed by atoms with E-state index in [1.165, 1.54) is 5.56 Å². The Balaban J connectivity index is 1.93. The number of rotatable bonds is 3. The highest BCUT2D eigenvalue weighted by atomic mass is 16.1. The molecule has 0 unspecified atom stereocenters. The molecule has 1 N–H and O–H groups in total. The van der Waals surface area contributed by atoms with Crippen molar-refractivity contribution in [2.75, 3.05) is 13.1 Å². The topological polar surface area (TPSA) is 34.0 Å². The summed E-state index contributed by atoms with van der Waals surface area (Å²) in [5.41, 5.74) is 3.87. The molecule has 1 aromatic carbocycles. The van der Waals surface area contributed by atoms with Crippen molar-refractivity contribution >= 4 is 5.78 Å². The smallest absolute Gasteiger partial charge is 0.209 e. The van der Waals surface area contributed by atoms with Crippen molar-refractivity contribution in [1.29, 1.82) is 0 Å². The van der Waals surface area contributed by atoms with Crippen molar-refractivity contribution in [1.82, 2.24) is 9.88 Å². The number of hydrogen-bond acceptors (Lipinski definition) is 2. The highest BCUT2D eigenvalue weighted by Crippen LogP contribution is 2.24. The quantitative estimate of drug-likeness (QED) is 0.877. The molecule has 21 heavy (non-hydrogen) atoms. The Morgan fingerprint density at radius 3 is 2.67 bits per heavy atom. The van der Waals surface area contributed by atoms with E-state index in [9.17, 15) is 4.79 Å². The minimum Gasteiger partial charge on any atom is -0.342 e. The van der Waals surface area contributed by atoms with E-state index in [2.05, 4.69) is 22.9 Å². The Hall–Kier alpha value is -1.87. The van der Waals surface area contributed by atoms with Gasteiger partial charge in [-0.1, -0.05) is 23.8 Å². The summed E-state index contributed by atoms with van der Waals surface area (Å²) < 4.78 is 2.17. The third-order valence-electron chi connectivity index (χ3n) is 4.34. The number of piperidine rings is 1. The van der Waals surface area contributed by atoms with Crippen LogP contribution in [0.25, 0.3) is 0 Å². The number of nitrogens with one attached hydrogen (secondary N) is 1. The number of ketones is 1. The van der Waals surface area contributed by atoms with Crippen LogP contribution in [0.15, 0.2) is 36.5 Å². The van der Waals surface area contributed by atoms with Gasteiger partial charge in [-0.2, -0.15) is 0 Å². The fourth-order valence-corrected chi connectivity index (χ4v) is 3.20. The minimum atomic E-state index is 0.135. The van der Waals surface area contributed by atoms with E-state index in [4.69, 9.17) is 0 Å². The van der Waals surface area contributed by atoms with E-state index < -0.39 is 0 Å². The van der Waals surface area contributed by atoms with E-state index in [0.717, 1.165) is 42.8 Å². The summed E-state index contributed by atoms with van der Waals surface area (Å²) in [5.74, 6) is 0.135. The molecule has 0 bridgehead atoms. The zero-order valence-electron chi connectivity index (χ0n) is 12.7. The average Bonchev–Trinajstić information content (AvgIpc) is 2.97. The maximum atomic E-state index is 12.9. The lowest BCUT2D eigenvalue weighted by Gasteiger charge is -2.26. The maximum Gasteiger partial charge on any atom is 0.209 e. The van der Waals surface area contributed by atoms with Crippen LogP contribution in [0.4, 0.5) is 0 Å². The van der Waals surface area contributed by atoms with Gasteiger partial charge in [0.1, 0.15) is 0 Å². The van der Waals surface area contributed by atoms with Crippen molar-refractivity contribution in [2.24, 2.45) is 0 Å². The van der Waals surface area contributed by atoms with Crippen LogP contribution in [0.1, 0.15) is 46.1 Å². The predicted molar refractivity (Wildman–Crippen MR) is 84.9 cm³/mol. The number of hydrogen-bond donors (Lipinski definition) is 1. The lowest BCUT2D eigenvalue weighted by atomic mass is 9.99. The summed E-state index contributed by atoms with van der Waals surface area (Å²) >= 11 is 0. The normalized spacial score (nSPS) is 16.1. The SMILES string of the molecule is Cc1ccc(C(=O)c2cccn2C2CCNCC2)c(C)c1. The average molecular weight is 282 g/mol. The van der Waals surface area contributed by atoms with Crippen LogP contribution in [0.2, 0.25) is 0 Å². The Morgan fingerprint density at radius 1 is 1.19 bits per heavy atom. The van der Waals surface area contributed by atoms with E-state index in [0.29, 0.717) is 6.04 Å². The highest BCUT2D eigenvalue weighted by molar-refractivity contribution is 6.09. The van der Waals surface area contributed by atoms with Crippen LogP contribution < -0.4 is 5.32 Å². The molecule has 0 radical (unpaired) electrons. The van der Waals surface area contributed by atoms with Crippen LogP contribution in [0.3, 0.4) is 0 Å². The van der Waals surface area contributed by atoms with Crippen LogP contribution in [0.5, 0.6) is 0 Å². The molecule has 3 heteroatoms. The maximum absolute atomic E-state index is 12.9. The van der Waals surface area contributed by atoms with Gasteiger partial charge in [0, 0.05) is 17.8 Å². The van der Waals surface area contributed by atoms with Gasteiger partial charge < -0.3 is 9.88 Å². The number of aryl methyl sites for hydroxylation is 2. The van der Waals surface area contributed by atoms with Gasteiger partial charge in [-0.15, -0.1) is 0 Å². The molecular weight excluding hydrogens is 260 g/mol. The van der Waals surface area contributed by atoms with Gasteiger partial charge in [0.25, 0.3) is 0 Å². The molecule has 1 aliphatic heterocycles. The summed E-state index contributed by atoms with van der Waals surface area (Å²) in [6.45, 7) is 6.12. The standard InChI is InChI=1S/C18H22N2O/c1-13-5-6-16(14(2)12-13)18(21)17-4-3-11-20(17)15-7-9-19-10-8-15/h3-6,11-12,15,19H,7-10H2,1-2H3. The van der Waals surface area contributed by atoms with Crippen molar-refractivity contribution in [3.63, 3.8) is 0 Å². The van der Waals surface area contributed by atoms with E-state index >= 15 is 0 Å². The lowest BCUT2D eigenvalue weighted by Crippen LogP contribution is -2.30. The van der Waals surface area contributed by atoms with Gasteiger partial charge in [-0.25, -0.2) is 0 Å². The van der Waals surface area contributed by atoms with Crippen LogP contribution in [-0.4, -0.2) is 23.4 Å². The lowest BCUT2D eigenvalue weighted by molar-refractivity contribution is 0.102. The second-order valence-electron chi connectivity index (χ2n) is 5.93. The van der Waals surface area contributed by atoms with Crippen molar-refractivity contribution < 1.29 is 4.79 Å². The fraction of sp³-hybridized carbons (Fsp3) is 0.389. The summed E-state index contributed by atoms with van der Waals surface area (Å²) in [6.07, 6.45) is 4.22. The molecule has 3 rings (SSSR count). The number of nitrogens with zero attached hydrogens (tertiary/aromatic N) is 1.